The molecule has 0 heterocycles. The zero-order chi connectivity index (χ0) is 10.4. The zero-order valence-corrected chi connectivity index (χ0v) is 7.57. The summed E-state index contributed by atoms with van der Waals surface area (Å²) in [5.41, 5.74) is 0. The fourth-order valence-electron chi connectivity index (χ4n) is 0.873. The summed E-state index contributed by atoms with van der Waals surface area (Å²) < 4.78 is 0. The van der Waals surface area contributed by atoms with Gasteiger partial charge < -0.3 is 10.4 Å². The first-order valence-corrected chi connectivity index (χ1v) is 3.87. The van der Waals surface area contributed by atoms with Crippen molar-refractivity contribution >= 4 is 11.9 Å². The Hall–Kier alpha value is -1.57. The lowest BCUT2D eigenvalue weighted by Crippen LogP contribution is -2.40. The lowest BCUT2D eigenvalue weighted by atomic mass is 10.0. The molecule has 1 amide bonds. The Balaban J connectivity index is 4.20. The third-order valence-corrected chi connectivity index (χ3v) is 1.49. The van der Waals surface area contributed by atoms with E-state index < -0.39 is 17.9 Å². The topological polar surface area (TPSA) is 90.2 Å². The fraction of sp³-hybridized carbons (Fsp3) is 0.625. The van der Waals surface area contributed by atoms with Crippen LogP contribution in [0.15, 0.2) is 0 Å². The summed E-state index contributed by atoms with van der Waals surface area (Å²) >= 11 is 0. The standard InChI is InChI=1S/C8H12N2O3/c1-5(4-9)3-7(8(12)13)10-6(2)11/h5,7H,3H2,1-2H3,(H,10,11)(H,12,13)/t5-,7-/m1/s1. The van der Waals surface area contributed by atoms with E-state index in [-0.39, 0.29) is 12.3 Å². The quantitative estimate of drug-likeness (QED) is 0.649. The number of carbonyl (C=O) groups excluding carboxylic acids is 1. The van der Waals surface area contributed by atoms with Crippen LogP contribution in [0.25, 0.3) is 0 Å². The molecule has 5 nitrogen and oxygen atoms in total. The van der Waals surface area contributed by atoms with Crippen LogP contribution < -0.4 is 5.32 Å². The van der Waals surface area contributed by atoms with Gasteiger partial charge in [0.15, 0.2) is 0 Å². The highest BCUT2D eigenvalue weighted by Crippen LogP contribution is 2.04. The molecule has 0 aromatic carbocycles. The molecule has 0 saturated carbocycles. The van der Waals surface area contributed by atoms with E-state index in [1.54, 1.807) is 6.92 Å². The highest BCUT2D eigenvalue weighted by atomic mass is 16.4. The molecule has 0 aliphatic carbocycles. The number of hydrogen-bond donors (Lipinski definition) is 2. The Morgan fingerprint density at radius 3 is 2.46 bits per heavy atom. The van der Waals surface area contributed by atoms with Crippen LogP contribution in [0.2, 0.25) is 0 Å². The summed E-state index contributed by atoms with van der Waals surface area (Å²) in [6, 6.07) is 0.943. The molecular formula is C8H12N2O3. The molecule has 0 radical (unpaired) electrons. The van der Waals surface area contributed by atoms with Crippen molar-refractivity contribution in [1.29, 1.82) is 5.26 Å². The summed E-state index contributed by atoms with van der Waals surface area (Å²) in [5.74, 6) is -1.90. The number of carboxylic acid groups (broad SMARTS) is 1. The first-order chi connectivity index (χ1) is 5.97. The molecule has 0 rings (SSSR count). The van der Waals surface area contributed by atoms with E-state index in [1.165, 1.54) is 6.92 Å². The van der Waals surface area contributed by atoms with Crippen LogP contribution in [0.3, 0.4) is 0 Å². The second-order valence-corrected chi connectivity index (χ2v) is 2.86. The molecule has 0 saturated heterocycles. The average Bonchev–Trinajstić information content (AvgIpc) is 2.02. The number of amides is 1. The van der Waals surface area contributed by atoms with Crippen LogP contribution in [0, 0.1) is 17.2 Å². The van der Waals surface area contributed by atoms with Gasteiger partial charge in [0.1, 0.15) is 6.04 Å². The van der Waals surface area contributed by atoms with Crippen LogP contribution in [0.4, 0.5) is 0 Å². The molecule has 13 heavy (non-hydrogen) atoms. The molecule has 0 aromatic rings. The van der Waals surface area contributed by atoms with Crippen molar-refractivity contribution in [3.8, 4) is 6.07 Å². The Labute approximate surface area is 76.4 Å². The van der Waals surface area contributed by atoms with E-state index in [4.69, 9.17) is 10.4 Å². The van der Waals surface area contributed by atoms with Crippen molar-refractivity contribution in [3.63, 3.8) is 0 Å². The van der Waals surface area contributed by atoms with Gasteiger partial charge in [0.2, 0.25) is 5.91 Å². The van der Waals surface area contributed by atoms with Gasteiger partial charge >= 0.3 is 5.97 Å². The molecule has 0 spiro atoms. The minimum atomic E-state index is -1.11. The molecule has 5 heteroatoms. The lowest BCUT2D eigenvalue weighted by Gasteiger charge is -2.13. The molecule has 0 aliphatic heterocycles. The van der Waals surface area contributed by atoms with Crippen molar-refractivity contribution in [2.75, 3.05) is 0 Å². The van der Waals surface area contributed by atoms with Gasteiger partial charge in [0, 0.05) is 12.8 Å². The zero-order valence-electron chi connectivity index (χ0n) is 7.57. The number of carboxylic acids is 1. The minimum Gasteiger partial charge on any atom is -0.480 e. The number of nitriles is 1. The van der Waals surface area contributed by atoms with Gasteiger partial charge in [-0.1, -0.05) is 0 Å². The average molecular weight is 184 g/mol. The smallest absolute Gasteiger partial charge is 0.326 e. The van der Waals surface area contributed by atoms with Crippen LogP contribution in [0.1, 0.15) is 20.3 Å². The molecule has 0 unspecified atom stereocenters. The summed E-state index contributed by atoms with van der Waals surface area (Å²) in [7, 11) is 0. The monoisotopic (exact) mass is 184 g/mol. The number of nitrogens with one attached hydrogen (secondary N) is 1. The molecule has 0 aromatic heterocycles. The third-order valence-electron chi connectivity index (χ3n) is 1.49. The Morgan fingerprint density at radius 2 is 2.15 bits per heavy atom. The number of hydrogen-bond acceptors (Lipinski definition) is 3. The van der Waals surface area contributed by atoms with Crippen molar-refractivity contribution < 1.29 is 14.7 Å². The molecule has 2 atom stereocenters. The highest BCUT2D eigenvalue weighted by molar-refractivity contribution is 5.82. The van der Waals surface area contributed by atoms with Gasteiger partial charge in [-0.25, -0.2) is 4.79 Å². The van der Waals surface area contributed by atoms with Crippen LogP contribution in [0.5, 0.6) is 0 Å². The maximum Gasteiger partial charge on any atom is 0.326 e. The predicted molar refractivity (Wildman–Crippen MR) is 44.6 cm³/mol. The lowest BCUT2D eigenvalue weighted by molar-refractivity contribution is -0.141. The molecule has 72 valence electrons. The van der Waals surface area contributed by atoms with Gasteiger partial charge in [0.05, 0.1) is 6.07 Å². The number of rotatable bonds is 4. The predicted octanol–water partition coefficient (Wildman–Crippen LogP) is 0.125. The molecule has 2 N–H and O–H groups in total. The van der Waals surface area contributed by atoms with Crippen molar-refractivity contribution in [1.82, 2.24) is 5.32 Å². The van der Waals surface area contributed by atoms with Gasteiger partial charge in [-0.05, 0) is 13.3 Å². The molecular weight excluding hydrogens is 172 g/mol. The SMILES string of the molecule is CC(=O)N[C@H](C[C@@H](C)C#N)C(=O)O. The number of nitrogens with zero attached hydrogens (tertiary/aromatic N) is 1. The summed E-state index contributed by atoms with van der Waals surface area (Å²) in [6.07, 6.45) is 0.130. The van der Waals surface area contributed by atoms with Gasteiger partial charge in [-0.3, -0.25) is 4.79 Å². The number of carbonyl (C=O) groups is 2. The van der Waals surface area contributed by atoms with Crippen LogP contribution >= 0.6 is 0 Å². The summed E-state index contributed by atoms with van der Waals surface area (Å²) in [6.45, 7) is 2.85. The van der Waals surface area contributed by atoms with Crippen LogP contribution in [-0.4, -0.2) is 23.0 Å². The number of aliphatic carboxylic acids is 1. The van der Waals surface area contributed by atoms with Gasteiger partial charge in [0.25, 0.3) is 0 Å². The maximum absolute atomic E-state index is 10.6. The second kappa shape index (κ2) is 5.14. The minimum absolute atomic E-state index is 0.130. The Bertz CT molecular complexity index is 244. The van der Waals surface area contributed by atoms with E-state index in [1.807, 2.05) is 6.07 Å². The first kappa shape index (κ1) is 11.4. The van der Waals surface area contributed by atoms with Gasteiger partial charge in [-0.15, -0.1) is 0 Å². The van der Waals surface area contributed by atoms with Crippen LogP contribution in [-0.2, 0) is 9.59 Å². The normalized spacial score (nSPS) is 13.9. The Kier molecular flexibility index (Phi) is 4.52. The van der Waals surface area contributed by atoms with E-state index in [0.717, 1.165) is 0 Å². The van der Waals surface area contributed by atoms with Crippen molar-refractivity contribution in [3.05, 3.63) is 0 Å². The third kappa shape index (κ3) is 4.80. The van der Waals surface area contributed by atoms with Crippen molar-refractivity contribution in [2.24, 2.45) is 5.92 Å². The highest BCUT2D eigenvalue weighted by Gasteiger charge is 2.20. The largest absolute Gasteiger partial charge is 0.480 e. The van der Waals surface area contributed by atoms with E-state index >= 15 is 0 Å². The second-order valence-electron chi connectivity index (χ2n) is 2.86. The van der Waals surface area contributed by atoms with E-state index in [2.05, 4.69) is 5.32 Å². The first-order valence-electron chi connectivity index (χ1n) is 3.87. The van der Waals surface area contributed by atoms with Crippen molar-refractivity contribution in [2.45, 2.75) is 26.3 Å². The fourth-order valence-corrected chi connectivity index (χ4v) is 0.873. The Morgan fingerprint density at radius 1 is 1.62 bits per heavy atom. The summed E-state index contributed by atoms with van der Waals surface area (Å²) in [4.78, 5) is 21.1. The van der Waals surface area contributed by atoms with E-state index in [0.29, 0.717) is 0 Å². The summed E-state index contributed by atoms with van der Waals surface area (Å²) in [5, 5.41) is 19.3. The van der Waals surface area contributed by atoms with E-state index in [9.17, 15) is 9.59 Å². The molecule has 0 aliphatic rings. The molecule has 0 bridgehead atoms. The van der Waals surface area contributed by atoms with Gasteiger partial charge in [-0.2, -0.15) is 5.26 Å². The maximum atomic E-state index is 10.6. The molecule has 0 fully saturated rings.